The van der Waals surface area contributed by atoms with Gasteiger partial charge in [0.2, 0.25) is 0 Å². The van der Waals surface area contributed by atoms with Crippen LogP contribution in [0.2, 0.25) is 0 Å². The van der Waals surface area contributed by atoms with Crippen LogP contribution in [0, 0.1) is 5.82 Å². The number of carbonyl (C=O) groups excluding carboxylic acids is 1. The van der Waals surface area contributed by atoms with Crippen molar-refractivity contribution in [2.24, 2.45) is 0 Å². The Kier molecular flexibility index (Phi) is 4.25. The molecular weight excluding hydrogens is 291 g/mol. The van der Waals surface area contributed by atoms with Crippen molar-refractivity contribution in [3.63, 3.8) is 0 Å². The quantitative estimate of drug-likeness (QED) is 0.858. The van der Waals surface area contributed by atoms with Gasteiger partial charge in [-0.15, -0.1) is 0 Å². The third-order valence-corrected chi connectivity index (χ3v) is 3.32. The van der Waals surface area contributed by atoms with E-state index in [1.165, 1.54) is 12.1 Å². The SMILES string of the molecule is O=C(Cc1cc(F)ccc1Br)C1COCCO1. The van der Waals surface area contributed by atoms with Crippen LogP contribution in [0.25, 0.3) is 0 Å². The number of ketones is 1. The Hall–Kier alpha value is -0.780. The lowest BCUT2D eigenvalue weighted by atomic mass is 10.1. The zero-order valence-corrected chi connectivity index (χ0v) is 10.7. The van der Waals surface area contributed by atoms with Crippen molar-refractivity contribution in [1.29, 1.82) is 0 Å². The van der Waals surface area contributed by atoms with E-state index in [-0.39, 0.29) is 24.6 Å². The maximum absolute atomic E-state index is 13.1. The zero-order chi connectivity index (χ0) is 12.3. The van der Waals surface area contributed by atoms with Crippen LogP contribution in [0.1, 0.15) is 5.56 Å². The van der Waals surface area contributed by atoms with Gasteiger partial charge in [0.1, 0.15) is 11.9 Å². The van der Waals surface area contributed by atoms with E-state index in [2.05, 4.69) is 15.9 Å². The maximum atomic E-state index is 13.1. The topological polar surface area (TPSA) is 35.5 Å². The molecule has 1 unspecified atom stereocenters. The van der Waals surface area contributed by atoms with Crippen molar-refractivity contribution in [3.05, 3.63) is 34.1 Å². The maximum Gasteiger partial charge on any atom is 0.168 e. The highest BCUT2D eigenvalue weighted by Gasteiger charge is 2.23. The predicted molar refractivity (Wildman–Crippen MR) is 63.4 cm³/mol. The van der Waals surface area contributed by atoms with Crippen LogP contribution in [0.4, 0.5) is 4.39 Å². The number of hydrogen-bond acceptors (Lipinski definition) is 3. The van der Waals surface area contributed by atoms with Gasteiger partial charge in [0, 0.05) is 10.9 Å². The molecule has 3 nitrogen and oxygen atoms in total. The first kappa shape index (κ1) is 12.7. The first-order valence-corrected chi connectivity index (χ1v) is 6.12. The van der Waals surface area contributed by atoms with Gasteiger partial charge in [0.05, 0.1) is 19.8 Å². The van der Waals surface area contributed by atoms with Gasteiger partial charge >= 0.3 is 0 Å². The molecule has 1 saturated heterocycles. The van der Waals surface area contributed by atoms with Gasteiger partial charge in [-0.3, -0.25) is 4.79 Å². The minimum absolute atomic E-state index is 0.0870. The lowest BCUT2D eigenvalue weighted by Crippen LogP contribution is -2.36. The molecule has 0 aromatic heterocycles. The summed E-state index contributed by atoms with van der Waals surface area (Å²) in [5.41, 5.74) is 0.629. The molecule has 1 atom stereocenters. The number of carbonyl (C=O) groups is 1. The lowest BCUT2D eigenvalue weighted by Gasteiger charge is -2.21. The van der Waals surface area contributed by atoms with E-state index in [0.717, 1.165) is 4.47 Å². The monoisotopic (exact) mass is 302 g/mol. The number of Topliss-reactive ketones (excluding diaryl/α,β-unsaturated/α-hetero) is 1. The third-order valence-electron chi connectivity index (χ3n) is 2.55. The molecule has 1 aromatic carbocycles. The standard InChI is InChI=1S/C12H12BrFO3/c13-10-2-1-9(14)5-8(10)6-11(15)12-7-16-3-4-17-12/h1-2,5,12H,3-4,6-7H2. The molecule has 17 heavy (non-hydrogen) atoms. The average Bonchev–Trinajstić information content (AvgIpc) is 2.35. The van der Waals surface area contributed by atoms with Gasteiger partial charge in [-0.05, 0) is 23.8 Å². The summed E-state index contributed by atoms with van der Waals surface area (Å²) in [6.45, 7) is 1.24. The Labute approximate surface area is 107 Å². The Morgan fingerprint density at radius 1 is 1.47 bits per heavy atom. The molecule has 1 aliphatic heterocycles. The molecule has 1 aliphatic rings. The van der Waals surface area contributed by atoms with Gasteiger partial charge in [0.15, 0.2) is 5.78 Å². The Balaban J connectivity index is 2.04. The molecule has 0 radical (unpaired) electrons. The minimum Gasteiger partial charge on any atom is -0.376 e. The van der Waals surface area contributed by atoms with Crippen LogP contribution < -0.4 is 0 Å². The van der Waals surface area contributed by atoms with Crippen LogP contribution in [-0.4, -0.2) is 31.7 Å². The molecular formula is C12H12BrFO3. The first-order valence-electron chi connectivity index (χ1n) is 5.33. The molecule has 1 aromatic rings. The van der Waals surface area contributed by atoms with E-state index in [1.54, 1.807) is 6.07 Å². The Morgan fingerprint density at radius 2 is 2.29 bits per heavy atom. The average molecular weight is 303 g/mol. The van der Waals surface area contributed by atoms with Crippen LogP contribution >= 0.6 is 15.9 Å². The molecule has 1 fully saturated rings. The van der Waals surface area contributed by atoms with Gasteiger partial charge in [-0.1, -0.05) is 15.9 Å². The van der Waals surface area contributed by atoms with E-state index >= 15 is 0 Å². The molecule has 1 heterocycles. The van der Waals surface area contributed by atoms with Gasteiger partial charge in [-0.25, -0.2) is 4.39 Å². The number of hydrogen-bond donors (Lipinski definition) is 0. The van der Waals surface area contributed by atoms with Crippen molar-refractivity contribution >= 4 is 21.7 Å². The van der Waals surface area contributed by atoms with Crippen molar-refractivity contribution in [1.82, 2.24) is 0 Å². The van der Waals surface area contributed by atoms with E-state index < -0.39 is 6.10 Å². The van der Waals surface area contributed by atoms with Crippen molar-refractivity contribution in [2.75, 3.05) is 19.8 Å². The second kappa shape index (κ2) is 5.71. The fourth-order valence-electron chi connectivity index (χ4n) is 1.65. The van der Waals surface area contributed by atoms with Crippen molar-refractivity contribution in [3.8, 4) is 0 Å². The van der Waals surface area contributed by atoms with E-state index in [4.69, 9.17) is 9.47 Å². The molecule has 5 heteroatoms. The van der Waals surface area contributed by atoms with Gasteiger partial charge in [0.25, 0.3) is 0 Å². The fraction of sp³-hybridized carbons (Fsp3) is 0.417. The van der Waals surface area contributed by atoms with Crippen molar-refractivity contribution in [2.45, 2.75) is 12.5 Å². The van der Waals surface area contributed by atoms with Crippen molar-refractivity contribution < 1.29 is 18.7 Å². The highest BCUT2D eigenvalue weighted by molar-refractivity contribution is 9.10. The molecule has 0 bridgehead atoms. The lowest BCUT2D eigenvalue weighted by molar-refractivity contribution is -0.144. The Bertz CT molecular complexity index is 416. The number of ether oxygens (including phenoxy) is 2. The summed E-state index contributed by atoms with van der Waals surface area (Å²) < 4.78 is 24.2. The minimum atomic E-state index is -0.529. The highest BCUT2D eigenvalue weighted by Crippen LogP contribution is 2.19. The van der Waals surface area contributed by atoms with Gasteiger partial charge < -0.3 is 9.47 Å². The molecule has 2 rings (SSSR count). The molecule has 0 aliphatic carbocycles. The molecule has 0 amide bonds. The summed E-state index contributed by atoms with van der Waals surface area (Å²) in [6.07, 6.45) is -0.384. The Morgan fingerprint density at radius 3 is 3.00 bits per heavy atom. The van der Waals surface area contributed by atoms with Crippen LogP contribution in [0.5, 0.6) is 0 Å². The smallest absolute Gasteiger partial charge is 0.168 e. The number of benzene rings is 1. The summed E-state index contributed by atoms with van der Waals surface area (Å²) in [4.78, 5) is 11.9. The predicted octanol–water partition coefficient (Wildman–Crippen LogP) is 2.12. The molecule has 0 saturated carbocycles. The van der Waals surface area contributed by atoms with E-state index in [0.29, 0.717) is 18.8 Å². The molecule has 92 valence electrons. The van der Waals surface area contributed by atoms with Gasteiger partial charge in [-0.2, -0.15) is 0 Å². The molecule has 0 spiro atoms. The van der Waals surface area contributed by atoms with E-state index in [1.807, 2.05) is 0 Å². The number of halogens is 2. The summed E-state index contributed by atoms with van der Waals surface area (Å²) >= 11 is 3.29. The summed E-state index contributed by atoms with van der Waals surface area (Å²) in [7, 11) is 0. The summed E-state index contributed by atoms with van der Waals surface area (Å²) in [5, 5.41) is 0. The second-order valence-corrected chi connectivity index (χ2v) is 4.67. The van der Waals surface area contributed by atoms with E-state index in [9.17, 15) is 9.18 Å². The normalized spacial score (nSPS) is 20.2. The largest absolute Gasteiger partial charge is 0.376 e. The number of rotatable bonds is 3. The highest BCUT2D eigenvalue weighted by atomic mass is 79.9. The van der Waals surface area contributed by atoms with Crippen LogP contribution in [0.3, 0.4) is 0 Å². The third kappa shape index (κ3) is 3.34. The zero-order valence-electron chi connectivity index (χ0n) is 9.12. The second-order valence-electron chi connectivity index (χ2n) is 3.81. The fourth-order valence-corrected chi connectivity index (χ4v) is 2.04. The summed E-state index contributed by atoms with van der Waals surface area (Å²) in [5.74, 6) is -0.437. The summed E-state index contributed by atoms with van der Waals surface area (Å²) in [6, 6.07) is 4.29. The molecule has 0 N–H and O–H groups in total. The van der Waals surface area contributed by atoms with Crippen LogP contribution in [-0.2, 0) is 20.7 Å². The van der Waals surface area contributed by atoms with Crippen LogP contribution in [0.15, 0.2) is 22.7 Å². The first-order chi connectivity index (χ1) is 8.16.